The fraction of sp³-hybridized carbons (Fsp3) is 0.389. The van der Waals surface area contributed by atoms with Crippen LogP contribution in [0.1, 0.15) is 24.8 Å². The molecule has 1 fully saturated rings. The lowest BCUT2D eigenvalue weighted by Crippen LogP contribution is -2.48. The van der Waals surface area contributed by atoms with Gasteiger partial charge in [-0.2, -0.15) is 11.3 Å². The van der Waals surface area contributed by atoms with Gasteiger partial charge in [-0.05, 0) is 34.5 Å². The molecule has 2 aromatic rings. The highest BCUT2D eigenvalue weighted by Crippen LogP contribution is 2.38. The van der Waals surface area contributed by atoms with E-state index in [0.717, 1.165) is 43.9 Å². The molecular formula is C18H20N2O2S. The Bertz CT molecular complexity index is 691. The molecule has 1 aromatic heterocycles. The Morgan fingerprint density at radius 1 is 1.22 bits per heavy atom. The van der Waals surface area contributed by atoms with Gasteiger partial charge < -0.3 is 10.1 Å². The number of carbonyl (C=O) groups excluding carboxylic acids is 1. The number of para-hydroxylation sites is 2. The summed E-state index contributed by atoms with van der Waals surface area (Å²) < 4.78 is 6.33. The van der Waals surface area contributed by atoms with Gasteiger partial charge in [0.15, 0.2) is 0 Å². The molecule has 1 N–H and O–H groups in total. The molecule has 23 heavy (non-hydrogen) atoms. The fourth-order valence-corrected chi connectivity index (χ4v) is 4.11. The minimum absolute atomic E-state index is 0.0567. The average molecular weight is 328 g/mol. The number of rotatable bonds is 2. The zero-order valence-corrected chi connectivity index (χ0v) is 13.8. The SMILES string of the molecule is O=C1CC2(CCN(Cc3ccsc3)CC2)Oc2ccccc2N1. The molecule has 0 unspecified atom stereocenters. The van der Waals surface area contributed by atoms with E-state index in [-0.39, 0.29) is 11.5 Å². The van der Waals surface area contributed by atoms with Crippen LogP contribution in [0.4, 0.5) is 5.69 Å². The van der Waals surface area contributed by atoms with E-state index in [0.29, 0.717) is 6.42 Å². The number of nitrogens with zero attached hydrogens (tertiary/aromatic N) is 1. The van der Waals surface area contributed by atoms with Crippen molar-refractivity contribution >= 4 is 22.9 Å². The first-order valence-corrected chi connectivity index (χ1v) is 8.98. The van der Waals surface area contributed by atoms with Crippen LogP contribution in [0.15, 0.2) is 41.1 Å². The van der Waals surface area contributed by atoms with Gasteiger partial charge in [0.1, 0.15) is 11.4 Å². The van der Waals surface area contributed by atoms with E-state index in [1.54, 1.807) is 11.3 Å². The van der Waals surface area contributed by atoms with Gasteiger partial charge in [0.25, 0.3) is 0 Å². The summed E-state index contributed by atoms with van der Waals surface area (Å²) in [6.45, 7) is 2.92. The number of likely N-dealkylation sites (tertiary alicyclic amines) is 1. The Morgan fingerprint density at radius 3 is 2.83 bits per heavy atom. The Labute approximate surface area is 140 Å². The Kier molecular flexibility index (Phi) is 3.83. The normalized spacial score (nSPS) is 20.4. The molecule has 120 valence electrons. The van der Waals surface area contributed by atoms with Crippen LogP contribution in [0, 0.1) is 0 Å². The molecule has 0 radical (unpaired) electrons. The van der Waals surface area contributed by atoms with Crippen LogP contribution in [0.3, 0.4) is 0 Å². The van der Waals surface area contributed by atoms with Crippen molar-refractivity contribution in [2.75, 3.05) is 18.4 Å². The third-order valence-corrected chi connectivity index (χ3v) is 5.46. The van der Waals surface area contributed by atoms with Crippen molar-refractivity contribution < 1.29 is 9.53 Å². The van der Waals surface area contributed by atoms with Gasteiger partial charge in [-0.15, -0.1) is 0 Å². The summed E-state index contributed by atoms with van der Waals surface area (Å²) in [4.78, 5) is 14.7. The van der Waals surface area contributed by atoms with E-state index in [4.69, 9.17) is 4.74 Å². The number of benzene rings is 1. The lowest BCUT2D eigenvalue weighted by atomic mass is 9.87. The van der Waals surface area contributed by atoms with Crippen LogP contribution >= 0.6 is 11.3 Å². The highest BCUT2D eigenvalue weighted by Gasteiger charge is 2.40. The van der Waals surface area contributed by atoms with E-state index < -0.39 is 0 Å². The summed E-state index contributed by atoms with van der Waals surface area (Å²) in [5.74, 6) is 0.853. The second-order valence-electron chi connectivity index (χ2n) is 6.41. The van der Waals surface area contributed by atoms with Gasteiger partial charge in [0, 0.05) is 32.5 Å². The minimum Gasteiger partial charge on any atom is -0.484 e. The molecule has 0 aliphatic carbocycles. The number of carbonyl (C=O) groups is 1. The van der Waals surface area contributed by atoms with Crippen molar-refractivity contribution in [2.45, 2.75) is 31.4 Å². The first-order valence-electron chi connectivity index (χ1n) is 8.04. The molecule has 4 rings (SSSR count). The van der Waals surface area contributed by atoms with Gasteiger partial charge in [0.05, 0.1) is 12.1 Å². The van der Waals surface area contributed by atoms with Crippen LogP contribution < -0.4 is 10.1 Å². The zero-order valence-electron chi connectivity index (χ0n) is 13.0. The van der Waals surface area contributed by atoms with E-state index in [1.807, 2.05) is 24.3 Å². The van der Waals surface area contributed by atoms with Gasteiger partial charge in [-0.3, -0.25) is 9.69 Å². The maximum absolute atomic E-state index is 12.3. The van der Waals surface area contributed by atoms with Crippen molar-refractivity contribution in [3.8, 4) is 5.75 Å². The van der Waals surface area contributed by atoms with Crippen molar-refractivity contribution in [3.05, 3.63) is 46.7 Å². The molecule has 0 atom stereocenters. The molecule has 1 aromatic carbocycles. The lowest BCUT2D eigenvalue weighted by molar-refractivity contribution is -0.121. The first-order chi connectivity index (χ1) is 11.2. The predicted octanol–water partition coefficient (Wildman–Crippen LogP) is 3.50. The van der Waals surface area contributed by atoms with Crippen LogP contribution in [0.5, 0.6) is 5.75 Å². The fourth-order valence-electron chi connectivity index (χ4n) is 3.45. The molecule has 4 nitrogen and oxygen atoms in total. The minimum atomic E-state index is -0.359. The van der Waals surface area contributed by atoms with Crippen LogP contribution in [0.25, 0.3) is 0 Å². The summed E-state index contributed by atoms with van der Waals surface area (Å²) in [6, 6.07) is 9.90. The maximum atomic E-state index is 12.3. The van der Waals surface area contributed by atoms with Crippen molar-refractivity contribution in [2.24, 2.45) is 0 Å². The number of fused-ring (bicyclic) bond motifs is 1. The molecule has 0 saturated carbocycles. The number of hydrogen-bond acceptors (Lipinski definition) is 4. The van der Waals surface area contributed by atoms with Crippen LogP contribution in [0.2, 0.25) is 0 Å². The zero-order chi connectivity index (χ0) is 15.7. The number of amides is 1. The summed E-state index contributed by atoms with van der Waals surface area (Å²) in [7, 11) is 0. The summed E-state index contributed by atoms with van der Waals surface area (Å²) in [5, 5.41) is 7.29. The number of anilines is 1. The number of nitrogens with one attached hydrogen (secondary N) is 1. The topological polar surface area (TPSA) is 41.6 Å². The highest BCUT2D eigenvalue weighted by atomic mass is 32.1. The molecule has 1 spiro atoms. The summed E-state index contributed by atoms with van der Waals surface area (Å²) >= 11 is 1.74. The summed E-state index contributed by atoms with van der Waals surface area (Å²) in [6.07, 6.45) is 2.21. The van der Waals surface area contributed by atoms with E-state index in [1.165, 1.54) is 5.56 Å². The Morgan fingerprint density at radius 2 is 2.04 bits per heavy atom. The molecule has 2 aliphatic heterocycles. The van der Waals surface area contributed by atoms with E-state index >= 15 is 0 Å². The second-order valence-corrected chi connectivity index (χ2v) is 7.19. The Hall–Kier alpha value is -1.85. The number of hydrogen-bond donors (Lipinski definition) is 1. The highest BCUT2D eigenvalue weighted by molar-refractivity contribution is 7.07. The monoisotopic (exact) mass is 328 g/mol. The van der Waals surface area contributed by atoms with Gasteiger partial charge in [-0.1, -0.05) is 12.1 Å². The Balaban J connectivity index is 1.48. The smallest absolute Gasteiger partial charge is 0.228 e. The van der Waals surface area contributed by atoms with Crippen molar-refractivity contribution in [3.63, 3.8) is 0 Å². The van der Waals surface area contributed by atoms with Gasteiger partial charge in [0.2, 0.25) is 5.91 Å². The molecule has 1 saturated heterocycles. The van der Waals surface area contributed by atoms with Crippen molar-refractivity contribution in [1.29, 1.82) is 0 Å². The van der Waals surface area contributed by atoms with Gasteiger partial charge >= 0.3 is 0 Å². The molecular weight excluding hydrogens is 308 g/mol. The maximum Gasteiger partial charge on any atom is 0.228 e. The quantitative estimate of drug-likeness (QED) is 0.917. The van der Waals surface area contributed by atoms with Gasteiger partial charge in [-0.25, -0.2) is 0 Å². The lowest BCUT2D eigenvalue weighted by Gasteiger charge is -2.40. The molecule has 5 heteroatoms. The third-order valence-electron chi connectivity index (χ3n) is 4.72. The third kappa shape index (κ3) is 3.12. The molecule has 1 amide bonds. The van der Waals surface area contributed by atoms with E-state index in [2.05, 4.69) is 27.0 Å². The van der Waals surface area contributed by atoms with Crippen molar-refractivity contribution in [1.82, 2.24) is 4.90 Å². The van der Waals surface area contributed by atoms with Crippen LogP contribution in [-0.2, 0) is 11.3 Å². The standard InChI is InChI=1S/C18H20N2O2S/c21-17-11-18(22-16-4-2-1-3-15(16)19-17)6-8-20(9-7-18)12-14-5-10-23-13-14/h1-5,10,13H,6-9,11-12H2,(H,19,21). The number of thiophene rings is 1. The average Bonchev–Trinajstić information content (AvgIpc) is 3.00. The summed E-state index contributed by atoms with van der Waals surface area (Å²) in [5.41, 5.74) is 1.80. The predicted molar refractivity (Wildman–Crippen MR) is 91.9 cm³/mol. The first kappa shape index (κ1) is 14.7. The van der Waals surface area contributed by atoms with E-state index in [9.17, 15) is 4.79 Å². The molecule has 0 bridgehead atoms. The number of piperidine rings is 1. The molecule has 2 aliphatic rings. The van der Waals surface area contributed by atoms with Crippen LogP contribution in [-0.4, -0.2) is 29.5 Å². The second kappa shape index (κ2) is 5.98. The molecule has 3 heterocycles. The largest absolute Gasteiger partial charge is 0.484 e. The number of ether oxygens (including phenoxy) is 1.